The van der Waals surface area contributed by atoms with Gasteiger partial charge in [0.2, 0.25) is 0 Å². The van der Waals surface area contributed by atoms with Crippen LogP contribution in [-0.4, -0.2) is 56.5 Å². The fourth-order valence-electron chi connectivity index (χ4n) is 3.01. The van der Waals surface area contributed by atoms with Crippen LogP contribution >= 0.6 is 11.8 Å². The van der Waals surface area contributed by atoms with Gasteiger partial charge in [-0.2, -0.15) is 0 Å². The lowest BCUT2D eigenvalue weighted by Crippen LogP contribution is -2.28. The van der Waals surface area contributed by atoms with Crippen molar-refractivity contribution in [3.8, 4) is 0 Å². The summed E-state index contributed by atoms with van der Waals surface area (Å²) in [6.45, 7) is 3.69. The van der Waals surface area contributed by atoms with Crippen LogP contribution in [0.4, 0.5) is 0 Å². The van der Waals surface area contributed by atoms with Gasteiger partial charge in [-0.1, -0.05) is 42.8 Å². The first-order chi connectivity index (χ1) is 12.7. The lowest BCUT2D eigenvalue weighted by atomic mass is 10.1. The molecule has 2 rings (SSSR count). The number of hydrogen-bond acceptors (Lipinski definition) is 5. The van der Waals surface area contributed by atoms with Crippen LogP contribution in [0.1, 0.15) is 32.6 Å². The Hall–Kier alpha value is -1.53. The molecule has 2 aliphatic rings. The van der Waals surface area contributed by atoms with Crippen molar-refractivity contribution in [1.82, 2.24) is 10.6 Å². The van der Waals surface area contributed by atoms with Gasteiger partial charge in [-0.05, 0) is 25.3 Å². The molecule has 0 bridgehead atoms. The summed E-state index contributed by atoms with van der Waals surface area (Å²) < 4.78 is 5.90. The van der Waals surface area contributed by atoms with Crippen molar-refractivity contribution in [2.45, 2.75) is 44.8 Å². The summed E-state index contributed by atoms with van der Waals surface area (Å²) in [5.41, 5.74) is 2.24. The summed E-state index contributed by atoms with van der Waals surface area (Å²) in [5, 5.41) is 7.74. The highest BCUT2D eigenvalue weighted by molar-refractivity contribution is 8.13. The van der Waals surface area contributed by atoms with Crippen LogP contribution in [-0.2, 0) is 4.74 Å². The predicted molar refractivity (Wildman–Crippen MR) is 114 cm³/mol. The molecule has 1 unspecified atom stereocenters. The number of amidine groups is 1. The smallest absolute Gasteiger partial charge is 0.157 e. The zero-order chi connectivity index (χ0) is 18.6. The van der Waals surface area contributed by atoms with E-state index in [1.165, 1.54) is 31.3 Å². The number of allylic oxidation sites excluding steroid dienone is 3. The van der Waals surface area contributed by atoms with E-state index < -0.39 is 0 Å². The molecule has 1 saturated carbocycles. The number of aliphatic imine (C=N–C) groups is 2. The summed E-state index contributed by atoms with van der Waals surface area (Å²) in [6, 6.07) is 0.232. The Labute approximate surface area is 162 Å². The Bertz CT molecular complexity index is 574. The molecule has 144 valence electrons. The lowest BCUT2D eigenvalue weighted by Gasteiger charge is -2.11. The number of hydrogen-bond donors (Lipinski definition) is 2. The van der Waals surface area contributed by atoms with Crippen LogP contribution in [0.15, 0.2) is 45.6 Å². The molecule has 1 aliphatic heterocycles. The summed E-state index contributed by atoms with van der Waals surface area (Å²) in [6.07, 6.45) is 16.0. The van der Waals surface area contributed by atoms with Crippen molar-refractivity contribution in [3.63, 3.8) is 0 Å². The minimum Gasteiger partial charge on any atom is -0.388 e. The summed E-state index contributed by atoms with van der Waals surface area (Å²) >= 11 is 1.71. The molecule has 1 fully saturated rings. The largest absolute Gasteiger partial charge is 0.388 e. The van der Waals surface area contributed by atoms with Crippen LogP contribution in [0.5, 0.6) is 0 Å². The zero-order valence-corrected chi connectivity index (χ0v) is 17.0. The molecular formula is C20H32N4OS. The second kappa shape index (κ2) is 12.0. The monoisotopic (exact) mass is 376 g/mol. The average Bonchev–Trinajstić information content (AvgIpc) is 3.17. The van der Waals surface area contributed by atoms with E-state index in [4.69, 9.17) is 4.74 Å². The van der Waals surface area contributed by atoms with Crippen molar-refractivity contribution in [2.75, 3.05) is 33.0 Å². The van der Waals surface area contributed by atoms with Crippen LogP contribution < -0.4 is 10.6 Å². The maximum absolute atomic E-state index is 5.90. The zero-order valence-electron chi connectivity index (χ0n) is 16.2. The van der Waals surface area contributed by atoms with Gasteiger partial charge in [-0.3, -0.25) is 9.98 Å². The van der Waals surface area contributed by atoms with Gasteiger partial charge < -0.3 is 15.4 Å². The Morgan fingerprint density at radius 2 is 2.19 bits per heavy atom. The van der Waals surface area contributed by atoms with Crippen LogP contribution in [0.3, 0.4) is 0 Å². The van der Waals surface area contributed by atoms with Gasteiger partial charge in [0, 0.05) is 50.4 Å². The number of ether oxygens (including phenoxy) is 1. The second-order valence-corrected chi connectivity index (χ2v) is 7.52. The third-order valence-corrected chi connectivity index (χ3v) is 5.31. The first kappa shape index (κ1) is 20.8. The van der Waals surface area contributed by atoms with Crippen molar-refractivity contribution in [1.29, 1.82) is 0 Å². The van der Waals surface area contributed by atoms with Gasteiger partial charge in [-0.15, -0.1) is 0 Å². The maximum atomic E-state index is 5.90. The third kappa shape index (κ3) is 7.38. The molecule has 1 atom stereocenters. The molecule has 6 heteroatoms. The normalized spacial score (nSPS) is 24.3. The first-order valence-corrected chi connectivity index (χ1v) is 10.4. The quantitative estimate of drug-likeness (QED) is 0.529. The number of nitrogens with zero attached hydrogens (tertiary/aromatic N) is 2. The maximum Gasteiger partial charge on any atom is 0.157 e. The highest BCUT2D eigenvalue weighted by atomic mass is 32.2. The second-order valence-electron chi connectivity index (χ2n) is 6.51. The molecule has 0 aromatic heterocycles. The standard InChI is InChI=1S/C20H32N4OS/c1-16-8-9-17(10-13-26-20(22-3)24-16)18(14-21-2)15-23-11-12-25-19-6-4-5-7-19/h8-10,14-16,19,23H,4-7,11-13H2,1-3H3,(H,22,24). The van der Waals surface area contributed by atoms with E-state index in [1.54, 1.807) is 18.8 Å². The minimum atomic E-state index is 0.232. The lowest BCUT2D eigenvalue weighted by molar-refractivity contribution is 0.0618. The SMILES string of the molecule is CN=CC(=CNCCOC1CCCC1)C1=CCSC(=NC)NC(C)C=C1. The van der Waals surface area contributed by atoms with Crippen molar-refractivity contribution >= 4 is 23.1 Å². The van der Waals surface area contributed by atoms with Gasteiger partial charge in [0.05, 0.1) is 12.7 Å². The molecular weight excluding hydrogens is 344 g/mol. The van der Waals surface area contributed by atoms with Crippen molar-refractivity contribution in [3.05, 3.63) is 35.6 Å². The van der Waals surface area contributed by atoms with Crippen LogP contribution in [0.25, 0.3) is 0 Å². The van der Waals surface area contributed by atoms with Gasteiger partial charge in [0.1, 0.15) is 0 Å². The summed E-state index contributed by atoms with van der Waals surface area (Å²) in [7, 11) is 3.62. The molecule has 26 heavy (non-hydrogen) atoms. The van der Waals surface area contributed by atoms with Crippen molar-refractivity contribution < 1.29 is 4.74 Å². The highest BCUT2D eigenvalue weighted by Gasteiger charge is 2.14. The molecule has 0 aromatic carbocycles. The molecule has 0 spiro atoms. The van der Waals surface area contributed by atoms with E-state index in [0.717, 1.165) is 29.6 Å². The van der Waals surface area contributed by atoms with E-state index in [-0.39, 0.29) is 6.04 Å². The Kier molecular flexibility index (Phi) is 9.56. The fraction of sp³-hybridized carbons (Fsp3) is 0.600. The molecule has 1 aliphatic carbocycles. The summed E-state index contributed by atoms with van der Waals surface area (Å²) in [5.74, 6) is 0.867. The topological polar surface area (TPSA) is 58.0 Å². The number of nitrogens with one attached hydrogen (secondary N) is 2. The minimum absolute atomic E-state index is 0.232. The van der Waals surface area contributed by atoms with E-state index in [0.29, 0.717) is 6.10 Å². The van der Waals surface area contributed by atoms with E-state index >= 15 is 0 Å². The Morgan fingerprint density at radius 3 is 2.92 bits per heavy atom. The number of thioether (sulfide) groups is 1. The van der Waals surface area contributed by atoms with Gasteiger partial charge in [-0.25, -0.2) is 0 Å². The molecule has 0 saturated heterocycles. The molecule has 0 amide bonds. The Morgan fingerprint density at radius 1 is 1.38 bits per heavy atom. The van der Waals surface area contributed by atoms with Crippen LogP contribution in [0.2, 0.25) is 0 Å². The fourth-order valence-corrected chi connectivity index (χ4v) is 3.83. The molecule has 2 N–H and O–H groups in total. The van der Waals surface area contributed by atoms with Gasteiger partial charge >= 0.3 is 0 Å². The van der Waals surface area contributed by atoms with Crippen molar-refractivity contribution in [2.24, 2.45) is 9.98 Å². The van der Waals surface area contributed by atoms with Crippen LogP contribution in [0, 0.1) is 0 Å². The Balaban J connectivity index is 1.94. The molecule has 0 aromatic rings. The first-order valence-electron chi connectivity index (χ1n) is 9.45. The van der Waals surface area contributed by atoms with E-state index in [1.807, 2.05) is 19.5 Å². The van der Waals surface area contributed by atoms with E-state index in [2.05, 4.69) is 45.8 Å². The van der Waals surface area contributed by atoms with Gasteiger partial charge in [0.25, 0.3) is 0 Å². The molecule has 1 heterocycles. The molecule has 5 nitrogen and oxygen atoms in total. The predicted octanol–water partition coefficient (Wildman–Crippen LogP) is 3.31. The highest BCUT2D eigenvalue weighted by Crippen LogP contribution is 2.20. The van der Waals surface area contributed by atoms with E-state index in [9.17, 15) is 0 Å². The number of rotatable bonds is 7. The average molecular weight is 377 g/mol. The molecule has 0 radical (unpaired) electrons. The van der Waals surface area contributed by atoms with Gasteiger partial charge in [0.15, 0.2) is 5.17 Å². The summed E-state index contributed by atoms with van der Waals surface area (Å²) in [4.78, 5) is 8.50. The third-order valence-electron chi connectivity index (χ3n) is 4.40.